The minimum atomic E-state index is -0.627. The molecule has 0 amide bonds. The van der Waals surface area contributed by atoms with E-state index in [4.69, 9.17) is 0 Å². The van der Waals surface area contributed by atoms with Crippen molar-refractivity contribution in [2.45, 2.75) is 19.4 Å². The molecule has 2 aromatic rings. The molecule has 1 N–H and O–H groups in total. The van der Waals surface area contributed by atoms with Crippen molar-refractivity contribution in [2.75, 3.05) is 6.54 Å². The van der Waals surface area contributed by atoms with Crippen LogP contribution in [-0.4, -0.2) is 6.54 Å². The van der Waals surface area contributed by atoms with Crippen LogP contribution < -0.4 is 5.32 Å². The lowest BCUT2D eigenvalue weighted by atomic mass is 9.97. The summed E-state index contributed by atoms with van der Waals surface area (Å²) < 4.78 is 41.7. The second-order valence-corrected chi connectivity index (χ2v) is 5.56. The van der Waals surface area contributed by atoms with Gasteiger partial charge in [0.15, 0.2) is 0 Å². The molecule has 0 aromatic heterocycles. The molecule has 2 aromatic carbocycles. The van der Waals surface area contributed by atoms with Gasteiger partial charge >= 0.3 is 0 Å². The third kappa shape index (κ3) is 3.86. The van der Waals surface area contributed by atoms with Gasteiger partial charge in [-0.1, -0.05) is 19.1 Å². The molecule has 0 aliphatic heterocycles. The van der Waals surface area contributed by atoms with Gasteiger partial charge in [0.25, 0.3) is 0 Å². The molecule has 1 unspecified atom stereocenters. The van der Waals surface area contributed by atoms with Crippen molar-refractivity contribution in [2.24, 2.45) is 0 Å². The second kappa shape index (κ2) is 7.09. The molecule has 0 saturated heterocycles. The molecular weight excluding hydrogens is 343 g/mol. The Morgan fingerprint density at radius 3 is 2.57 bits per heavy atom. The van der Waals surface area contributed by atoms with Gasteiger partial charge in [0.05, 0.1) is 4.47 Å². The van der Waals surface area contributed by atoms with Crippen molar-refractivity contribution in [3.05, 3.63) is 69.4 Å². The number of rotatable bonds is 5. The molecule has 5 heteroatoms. The van der Waals surface area contributed by atoms with Crippen LogP contribution in [0.25, 0.3) is 0 Å². The van der Waals surface area contributed by atoms with Crippen LogP contribution in [-0.2, 0) is 6.42 Å². The first-order chi connectivity index (χ1) is 10.0. The minimum absolute atomic E-state index is 0.0320. The van der Waals surface area contributed by atoms with Gasteiger partial charge in [-0.25, -0.2) is 13.2 Å². The molecular formula is C16H15BrF3N. The van der Waals surface area contributed by atoms with Crippen LogP contribution in [0.1, 0.15) is 24.1 Å². The predicted molar refractivity (Wildman–Crippen MR) is 80.6 cm³/mol. The number of benzene rings is 2. The van der Waals surface area contributed by atoms with Crippen molar-refractivity contribution < 1.29 is 13.2 Å². The fourth-order valence-corrected chi connectivity index (χ4v) is 2.63. The van der Waals surface area contributed by atoms with Crippen LogP contribution in [0.15, 0.2) is 40.9 Å². The first-order valence-electron chi connectivity index (χ1n) is 6.64. The summed E-state index contributed by atoms with van der Waals surface area (Å²) >= 11 is 3.07. The number of hydrogen-bond donors (Lipinski definition) is 1. The summed E-state index contributed by atoms with van der Waals surface area (Å²) in [4.78, 5) is 0. The maximum absolute atomic E-state index is 14.2. The lowest BCUT2D eigenvalue weighted by Crippen LogP contribution is -2.25. The van der Waals surface area contributed by atoms with Gasteiger partial charge in [0.2, 0.25) is 0 Å². The minimum Gasteiger partial charge on any atom is -0.310 e. The maximum Gasteiger partial charge on any atom is 0.145 e. The standard InChI is InChI=1S/C16H15BrF3N/c1-2-21-14(9-10-4-3-5-11(18)8-10)15-13(19)7-6-12(17)16(15)20/h3-8,14,21H,2,9H2,1H3. The summed E-state index contributed by atoms with van der Waals surface area (Å²) in [5, 5.41) is 3.05. The van der Waals surface area contributed by atoms with E-state index in [0.717, 1.165) is 0 Å². The van der Waals surface area contributed by atoms with Gasteiger partial charge in [-0.2, -0.15) is 0 Å². The van der Waals surface area contributed by atoms with Gasteiger partial charge in [-0.15, -0.1) is 0 Å². The van der Waals surface area contributed by atoms with Crippen molar-refractivity contribution in [3.8, 4) is 0 Å². The predicted octanol–water partition coefficient (Wildman–Crippen LogP) is 4.76. The van der Waals surface area contributed by atoms with E-state index in [1.54, 1.807) is 12.1 Å². The van der Waals surface area contributed by atoms with E-state index in [9.17, 15) is 13.2 Å². The number of nitrogens with one attached hydrogen (secondary N) is 1. The van der Waals surface area contributed by atoms with Crippen LogP contribution in [0.4, 0.5) is 13.2 Å². The molecule has 0 aliphatic rings. The summed E-state index contributed by atoms with van der Waals surface area (Å²) in [5.74, 6) is -1.60. The summed E-state index contributed by atoms with van der Waals surface area (Å²) in [5.41, 5.74) is 0.648. The number of halogens is 4. The van der Waals surface area contributed by atoms with E-state index in [2.05, 4.69) is 21.2 Å². The topological polar surface area (TPSA) is 12.0 Å². The molecule has 0 heterocycles. The Bertz CT molecular complexity index is 631. The van der Waals surface area contributed by atoms with E-state index in [1.165, 1.54) is 24.3 Å². The lowest BCUT2D eigenvalue weighted by molar-refractivity contribution is 0.470. The van der Waals surface area contributed by atoms with Gasteiger partial charge in [0, 0.05) is 11.6 Å². The fraction of sp³-hybridized carbons (Fsp3) is 0.250. The number of hydrogen-bond acceptors (Lipinski definition) is 1. The lowest BCUT2D eigenvalue weighted by Gasteiger charge is -2.20. The Morgan fingerprint density at radius 2 is 1.90 bits per heavy atom. The van der Waals surface area contributed by atoms with Crippen LogP contribution in [0.5, 0.6) is 0 Å². The van der Waals surface area contributed by atoms with E-state index in [1.807, 2.05) is 6.92 Å². The Labute approximate surface area is 130 Å². The van der Waals surface area contributed by atoms with E-state index in [0.29, 0.717) is 18.5 Å². The van der Waals surface area contributed by atoms with Crippen LogP contribution in [0.3, 0.4) is 0 Å². The zero-order chi connectivity index (χ0) is 15.4. The second-order valence-electron chi connectivity index (χ2n) is 4.70. The highest BCUT2D eigenvalue weighted by atomic mass is 79.9. The monoisotopic (exact) mass is 357 g/mol. The molecule has 1 nitrogen and oxygen atoms in total. The van der Waals surface area contributed by atoms with Gasteiger partial charge in [0.1, 0.15) is 17.5 Å². The summed E-state index contributed by atoms with van der Waals surface area (Å²) in [7, 11) is 0. The first-order valence-corrected chi connectivity index (χ1v) is 7.43. The van der Waals surface area contributed by atoms with Crippen LogP contribution in [0.2, 0.25) is 0 Å². The zero-order valence-corrected chi connectivity index (χ0v) is 13.1. The van der Waals surface area contributed by atoms with Crippen molar-refractivity contribution in [3.63, 3.8) is 0 Å². The summed E-state index contributed by atoms with van der Waals surface area (Å²) in [6.07, 6.45) is 0.301. The highest BCUT2D eigenvalue weighted by Crippen LogP contribution is 2.29. The summed E-state index contributed by atoms with van der Waals surface area (Å²) in [6, 6.07) is 8.03. The molecule has 0 radical (unpaired) electrons. The average molecular weight is 358 g/mol. The van der Waals surface area contributed by atoms with Crippen LogP contribution in [0, 0.1) is 17.5 Å². The Kier molecular flexibility index (Phi) is 5.42. The van der Waals surface area contributed by atoms with Crippen molar-refractivity contribution in [1.82, 2.24) is 5.32 Å². The first kappa shape index (κ1) is 16.0. The largest absolute Gasteiger partial charge is 0.310 e. The third-order valence-corrected chi connectivity index (χ3v) is 3.82. The summed E-state index contributed by atoms with van der Waals surface area (Å²) in [6.45, 7) is 2.40. The van der Waals surface area contributed by atoms with Crippen LogP contribution >= 0.6 is 15.9 Å². The molecule has 112 valence electrons. The van der Waals surface area contributed by atoms with E-state index in [-0.39, 0.29) is 15.9 Å². The van der Waals surface area contributed by atoms with E-state index < -0.39 is 17.7 Å². The highest BCUT2D eigenvalue weighted by molar-refractivity contribution is 9.10. The zero-order valence-electron chi connectivity index (χ0n) is 11.5. The number of likely N-dealkylation sites (N-methyl/N-ethyl adjacent to an activating group) is 1. The molecule has 0 aliphatic carbocycles. The van der Waals surface area contributed by atoms with Gasteiger partial charge < -0.3 is 5.32 Å². The Balaban J connectivity index is 2.38. The highest BCUT2D eigenvalue weighted by Gasteiger charge is 2.21. The molecule has 0 spiro atoms. The molecule has 21 heavy (non-hydrogen) atoms. The fourth-order valence-electron chi connectivity index (χ4n) is 2.28. The molecule has 0 fully saturated rings. The van der Waals surface area contributed by atoms with Gasteiger partial charge in [-0.3, -0.25) is 0 Å². The third-order valence-electron chi connectivity index (χ3n) is 3.21. The molecule has 0 saturated carbocycles. The van der Waals surface area contributed by atoms with Gasteiger partial charge in [-0.05, 0) is 58.7 Å². The smallest absolute Gasteiger partial charge is 0.145 e. The van der Waals surface area contributed by atoms with Crippen molar-refractivity contribution >= 4 is 15.9 Å². The average Bonchev–Trinajstić information content (AvgIpc) is 2.44. The Hall–Kier alpha value is -1.33. The normalized spacial score (nSPS) is 12.4. The molecule has 2 rings (SSSR count). The molecule has 0 bridgehead atoms. The molecule has 1 atom stereocenters. The quantitative estimate of drug-likeness (QED) is 0.760. The van der Waals surface area contributed by atoms with Crippen molar-refractivity contribution in [1.29, 1.82) is 0 Å². The maximum atomic E-state index is 14.2. The van der Waals surface area contributed by atoms with E-state index >= 15 is 0 Å². The Morgan fingerprint density at radius 1 is 1.14 bits per heavy atom. The SMILES string of the molecule is CCNC(Cc1cccc(F)c1)c1c(F)ccc(Br)c1F.